The number of thioether (sulfide) groups is 1. The molecule has 1 aliphatic heterocycles. The number of morpholine rings is 1. The summed E-state index contributed by atoms with van der Waals surface area (Å²) in [6, 6.07) is 6.46. The minimum atomic E-state index is 0. The molecule has 0 saturated carbocycles. The van der Waals surface area contributed by atoms with Gasteiger partial charge in [-0.3, -0.25) is 4.79 Å². The van der Waals surface area contributed by atoms with Crippen molar-refractivity contribution in [3.8, 4) is 0 Å². The SMILES string of the molecule is CSc1cc(C)ccc1CNC(=O)CC1COCCN1.Cl. The van der Waals surface area contributed by atoms with E-state index in [1.165, 1.54) is 16.0 Å². The predicted molar refractivity (Wildman–Crippen MR) is 89.3 cm³/mol. The van der Waals surface area contributed by atoms with Crippen LogP contribution in [0, 0.1) is 6.92 Å². The Morgan fingerprint density at radius 3 is 3.00 bits per heavy atom. The van der Waals surface area contributed by atoms with Crippen molar-refractivity contribution in [2.24, 2.45) is 0 Å². The Balaban J connectivity index is 0.00000220. The second-order valence-corrected chi connectivity index (χ2v) is 5.87. The van der Waals surface area contributed by atoms with E-state index in [1.807, 2.05) is 0 Å². The van der Waals surface area contributed by atoms with Crippen molar-refractivity contribution in [2.75, 3.05) is 26.0 Å². The molecule has 1 aromatic carbocycles. The highest BCUT2D eigenvalue weighted by Gasteiger charge is 2.16. The lowest BCUT2D eigenvalue weighted by molar-refractivity contribution is -0.122. The summed E-state index contributed by atoms with van der Waals surface area (Å²) in [5.41, 5.74) is 2.41. The standard InChI is InChI=1S/C15H22N2O2S.ClH/c1-11-3-4-12(14(7-11)20-2)9-17-15(18)8-13-10-19-6-5-16-13;/h3-4,7,13,16H,5-6,8-10H2,1-2H3,(H,17,18);1H. The van der Waals surface area contributed by atoms with Gasteiger partial charge in [0.05, 0.1) is 13.2 Å². The number of rotatable bonds is 5. The molecule has 21 heavy (non-hydrogen) atoms. The van der Waals surface area contributed by atoms with E-state index in [0.717, 1.165) is 13.2 Å². The summed E-state index contributed by atoms with van der Waals surface area (Å²) < 4.78 is 5.35. The molecule has 1 aromatic rings. The van der Waals surface area contributed by atoms with Crippen LogP contribution < -0.4 is 10.6 Å². The third kappa shape index (κ3) is 5.87. The normalized spacial score (nSPS) is 17.9. The molecule has 1 heterocycles. The minimum absolute atomic E-state index is 0. The maximum absolute atomic E-state index is 11.9. The number of nitrogens with one attached hydrogen (secondary N) is 2. The average molecular weight is 331 g/mol. The molecular formula is C15H23ClN2O2S. The lowest BCUT2D eigenvalue weighted by Crippen LogP contribution is -2.44. The number of ether oxygens (including phenoxy) is 1. The van der Waals surface area contributed by atoms with Gasteiger partial charge in [-0.2, -0.15) is 0 Å². The van der Waals surface area contributed by atoms with Crippen molar-refractivity contribution in [1.82, 2.24) is 10.6 Å². The van der Waals surface area contributed by atoms with Gasteiger partial charge in [0.15, 0.2) is 0 Å². The second-order valence-electron chi connectivity index (χ2n) is 5.02. The van der Waals surface area contributed by atoms with Crippen molar-refractivity contribution in [2.45, 2.75) is 30.8 Å². The third-order valence-electron chi connectivity index (χ3n) is 3.35. The summed E-state index contributed by atoms with van der Waals surface area (Å²) in [5.74, 6) is 0.0700. The second kappa shape index (κ2) is 9.30. The highest BCUT2D eigenvalue weighted by molar-refractivity contribution is 7.98. The van der Waals surface area contributed by atoms with E-state index in [9.17, 15) is 4.79 Å². The van der Waals surface area contributed by atoms with E-state index in [4.69, 9.17) is 4.74 Å². The van der Waals surface area contributed by atoms with Crippen LogP contribution in [0.25, 0.3) is 0 Å². The quantitative estimate of drug-likeness (QED) is 0.812. The molecule has 4 nitrogen and oxygen atoms in total. The van der Waals surface area contributed by atoms with Crippen LogP contribution in [0.4, 0.5) is 0 Å². The number of carbonyl (C=O) groups excluding carboxylic acids is 1. The molecule has 1 saturated heterocycles. The molecule has 1 aliphatic rings. The monoisotopic (exact) mass is 330 g/mol. The largest absolute Gasteiger partial charge is 0.378 e. The molecule has 2 rings (SSSR count). The number of benzene rings is 1. The van der Waals surface area contributed by atoms with Gasteiger partial charge in [0, 0.05) is 30.4 Å². The van der Waals surface area contributed by atoms with E-state index in [2.05, 4.69) is 42.0 Å². The molecule has 0 radical (unpaired) electrons. The van der Waals surface area contributed by atoms with Crippen molar-refractivity contribution < 1.29 is 9.53 Å². The maximum Gasteiger partial charge on any atom is 0.221 e. The molecule has 0 aliphatic carbocycles. The fourth-order valence-electron chi connectivity index (χ4n) is 2.24. The Morgan fingerprint density at radius 2 is 2.33 bits per heavy atom. The first kappa shape index (κ1) is 18.3. The van der Waals surface area contributed by atoms with Gasteiger partial charge in [0.1, 0.15) is 0 Å². The van der Waals surface area contributed by atoms with Gasteiger partial charge in [-0.1, -0.05) is 12.1 Å². The maximum atomic E-state index is 11.9. The van der Waals surface area contributed by atoms with Gasteiger partial charge in [0.2, 0.25) is 5.91 Å². The highest BCUT2D eigenvalue weighted by Crippen LogP contribution is 2.21. The fraction of sp³-hybridized carbons (Fsp3) is 0.533. The van der Waals surface area contributed by atoms with E-state index in [0.29, 0.717) is 19.6 Å². The lowest BCUT2D eigenvalue weighted by Gasteiger charge is -2.23. The summed E-state index contributed by atoms with van der Waals surface area (Å²) >= 11 is 1.71. The molecule has 6 heteroatoms. The van der Waals surface area contributed by atoms with Gasteiger partial charge in [-0.25, -0.2) is 0 Å². The topological polar surface area (TPSA) is 50.4 Å². The lowest BCUT2D eigenvalue weighted by atomic mass is 10.1. The minimum Gasteiger partial charge on any atom is -0.378 e. The van der Waals surface area contributed by atoms with Gasteiger partial charge in [-0.15, -0.1) is 24.2 Å². The number of hydrogen-bond donors (Lipinski definition) is 2. The fourth-order valence-corrected chi connectivity index (χ4v) is 2.94. The summed E-state index contributed by atoms with van der Waals surface area (Å²) in [5, 5.41) is 6.28. The first-order chi connectivity index (χ1) is 9.69. The van der Waals surface area contributed by atoms with Crippen LogP contribution in [0.2, 0.25) is 0 Å². The van der Waals surface area contributed by atoms with Crippen molar-refractivity contribution in [1.29, 1.82) is 0 Å². The number of halogens is 1. The van der Waals surface area contributed by atoms with E-state index in [-0.39, 0.29) is 24.4 Å². The Hall–Kier alpha value is -0.750. The molecule has 1 amide bonds. The summed E-state index contributed by atoms with van der Waals surface area (Å²) in [6.07, 6.45) is 2.53. The zero-order valence-electron chi connectivity index (χ0n) is 12.5. The Bertz CT molecular complexity index is 465. The zero-order valence-corrected chi connectivity index (χ0v) is 14.1. The Labute approximate surface area is 136 Å². The molecule has 1 atom stereocenters. The number of aryl methyl sites for hydroxylation is 1. The van der Waals surface area contributed by atoms with E-state index >= 15 is 0 Å². The van der Waals surface area contributed by atoms with Crippen LogP contribution in [0.3, 0.4) is 0 Å². The summed E-state index contributed by atoms with van der Waals surface area (Å²) in [7, 11) is 0. The summed E-state index contributed by atoms with van der Waals surface area (Å²) in [4.78, 5) is 13.2. The van der Waals surface area contributed by atoms with E-state index in [1.54, 1.807) is 11.8 Å². The van der Waals surface area contributed by atoms with Gasteiger partial charge >= 0.3 is 0 Å². The van der Waals surface area contributed by atoms with Crippen LogP contribution in [-0.4, -0.2) is 38.0 Å². The van der Waals surface area contributed by atoms with Crippen LogP contribution in [-0.2, 0) is 16.1 Å². The first-order valence-electron chi connectivity index (χ1n) is 6.90. The van der Waals surface area contributed by atoms with Crippen molar-refractivity contribution >= 4 is 30.1 Å². The Kier molecular flexibility index (Phi) is 8.11. The first-order valence-corrected chi connectivity index (χ1v) is 8.13. The molecule has 0 bridgehead atoms. The molecule has 0 spiro atoms. The summed E-state index contributed by atoms with van der Waals surface area (Å²) in [6.45, 7) is 4.85. The molecular weight excluding hydrogens is 308 g/mol. The van der Waals surface area contributed by atoms with Crippen LogP contribution in [0.5, 0.6) is 0 Å². The van der Waals surface area contributed by atoms with Crippen molar-refractivity contribution in [3.63, 3.8) is 0 Å². The third-order valence-corrected chi connectivity index (χ3v) is 4.17. The number of carbonyl (C=O) groups is 1. The van der Waals surface area contributed by atoms with Gasteiger partial charge in [-0.05, 0) is 30.4 Å². The number of amides is 1. The van der Waals surface area contributed by atoms with Gasteiger partial charge in [0.25, 0.3) is 0 Å². The Morgan fingerprint density at radius 1 is 1.52 bits per heavy atom. The van der Waals surface area contributed by atoms with Crippen LogP contribution in [0.1, 0.15) is 17.5 Å². The molecule has 1 unspecified atom stereocenters. The molecule has 0 aromatic heterocycles. The van der Waals surface area contributed by atoms with Crippen molar-refractivity contribution in [3.05, 3.63) is 29.3 Å². The molecule has 2 N–H and O–H groups in total. The highest BCUT2D eigenvalue weighted by atomic mass is 35.5. The zero-order chi connectivity index (χ0) is 14.4. The average Bonchev–Trinajstić information content (AvgIpc) is 2.47. The van der Waals surface area contributed by atoms with Crippen LogP contribution in [0.15, 0.2) is 23.1 Å². The van der Waals surface area contributed by atoms with Crippen LogP contribution >= 0.6 is 24.2 Å². The number of hydrogen-bond acceptors (Lipinski definition) is 4. The molecule has 118 valence electrons. The molecule has 1 fully saturated rings. The predicted octanol–water partition coefficient (Wildman–Crippen LogP) is 2.13. The smallest absolute Gasteiger partial charge is 0.221 e. The van der Waals surface area contributed by atoms with Gasteiger partial charge < -0.3 is 15.4 Å². The van der Waals surface area contributed by atoms with E-state index < -0.39 is 0 Å².